The number of nitrogens with one attached hydrogen (secondary N) is 4. The maximum atomic E-state index is 13.6. The standard InChI is InChI=1S/C31H39N7O6/c1-19(2)27-31(42)33-20(3)29-36-28(22-8-6-5-7-9-22)37-38(29)17-25(39)32-14-15-44-23-12-10-21(11-13-23)16-24(30(41)35-27)34-26(40)18-43-4/h5-13,19-20,24,27H,14-18H2,1-4H3,(H,32,39)(H,33,42)(H,34,40)(H,35,41)/t20-,24-,27+/m0/s1. The Kier molecular flexibility index (Phi) is 11.0. The van der Waals surface area contributed by atoms with Crippen molar-refractivity contribution in [3.05, 3.63) is 66.0 Å². The summed E-state index contributed by atoms with van der Waals surface area (Å²) < 4.78 is 12.2. The van der Waals surface area contributed by atoms with Crippen molar-refractivity contribution in [3.8, 4) is 17.1 Å². The number of aromatic nitrogens is 3. The SMILES string of the molecule is COCC(=O)N[C@H]1Cc2ccc(cc2)OCCNC(=O)Cn2nc(-c3ccccc3)nc2[C@H](C)NC(=O)[C@@H](C(C)C)NC1=O. The van der Waals surface area contributed by atoms with Gasteiger partial charge in [-0.2, -0.15) is 5.10 Å². The minimum absolute atomic E-state index is 0.128. The number of hydrogen-bond acceptors (Lipinski definition) is 8. The summed E-state index contributed by atoms with van der Waals surface area (Å²) in [6.07, 6.45) is 0.172. The van der Waals surface area contributed by atoms with Crippen LogP contribution in [-0.2, 0) is 36.9 Å². The normalized spacial score (nSPS) is 20.1. The number of fused-ring (bicyclic) bond motifs is 14. The van der Waals surface area contributed by atoms with Crippen molar-refractivity contribution in [3.63, 3.8) is 0 Å². The summed E-state index contributed by atoms with van der Waals surface area (Å²) in [7, 11) is 1.39. The second-order valence-corrected chi connectivity index (χ2v) is 10.9. The zero-order valence-electron chi connectivity index (χ0n) is 25.3. The van der Waals surface area contributed by atoms with E-state index in [0.29, 0.717) is 17.4 Å². The molecule has 4 amide bonds. The van der Waals surface area contributed by atoms with Gasteiger partial charge in [-0.25, -0.2) is 9.67 Å². The first-order chi connectivity index (χ1) is 21.1. The highest BCUT2D eigenvalue weighted by Gasteiger charge is 2.31. The maximum Gasteiger partial charge on any atom is 0.246 e. The van der Waals surface area contributed by atoms with Crippen LogP contribution in [0.15, 0.2) is 54.6 Å². The van der Waals surface area contributed by atoms with Gasteiger partial charge in [0.1, 0.15) is 43.4 Å². The van der Waals surface area contributed by atoms with Crippen LogP contribution in [0.1, 0.15) is 38.2 Å². The van der Waals surface area contributed by atoms with E-state index in [1.54, 1.807) is 31.2 Å². The lowest BCUT2D eigenvalue weighted by atomic mass is 10.0. The lowest BCUT2D eigenvalue weighted by molar-refractivity contribution is -0.133. The van der Waals surface area contributed by atoms with Gasteiger partial charge in [0.05, 0.1) is 12.6 Å². The number of ether oxygens (including phenoxy) is 2. The zero-order chi connectivity index (χ0) is 31.6. The Bertz CT molecular complexity index is 1440. The fourth-order valence-electron chi connectivity index (χ4n) is 4.74. The van der Waals surface area contributed by atoms with Gasteiger partial charge in [0.2, 0.25) is 23.6 Å². The number of methoxy groups -OCH3 is 1. The van der Waals surface area contributed by atoms with Gasteiger partial charge in [-0.05, 0) is 30.5 Å². The van der Waals surface area contributed by atoms with E-state index in [1.807, 2.05) is 44.2 Å². The molecule has 13 nitrogen and oxygen atoms in total. The molecule has 5 rings (SSSR count). The average Bonchev–Trinajstić information content (AvgIpc) is 3.42. The van der Waals surface area contributed by atoms with Crippen LogP contribution in [0, 0.1) is 5.92 Å². The molecule has 0 fully saturated rings. The third-order valence-electron chi connectivity index (χ3n) is 7.00. The molecule has 2 aliphatic heterocycles. The van der Waals surface area contributed by atoms with E-state index in [0.717, 1.165) is 11.1 Å². The van der Waals surface area contributed by atoms with Gasteiger partial charge in [0.15, 0.2) is 5.82 Å². The van der Waals surface area contributed by atoms with E-state index >= 15 is 0 Å². The summed E-state index contributed by atoms with van der Waals surface area (Å²) in [6.45, 7) is 5.50. The first-order valence-corrected chi connectivity index (χ1v) is 14.5. The van der Waals surface area contributed by atoms with Crippen LogP contribution in [0.2, 0.25) is 0 Å². The van der Waals surface area contributed by atoms with Crippen molar-refractivity contribution < 1.29 is 28.7 Å². The molecule has 2 aromatic carbocycles. The van der Waals surface area contributed by atoms with E-state index in [4.69, 9.17) is 9.47 Å². The molecule has 2 bridgehead atoms. The molecule has 234 valence electrons. The van der Waals surface area contributed by atoms with Gasteiger partial charge >= 0.3 is 0 Å². The van der Waals surface area contributed by atoms with Crippen molar-refractivity contribution >= 4 is 23.6 Å². The van der Waals surface area contributed by atoms with E-state index < -0.39 is 35.8 Å². The molecule has 1 aromatic heterocycles. The monoisotopic (exact) mass is 605 g/mol. The molecule has 13 heteroatoms. The van der Waals surface area contributed by atoms with Crippen molar-refractivity contribution in [2.24, 2.45) is 5.92 Å². The Hall–Kier alpha value is -4.78. The van der Waals surface area contributed by atoms with Gasteiger partial charge in [-0.15, -0.1) is 0 Å². The molecule has 3 aromatic rings. The second kappa shape index (κ2) is 15.1. The summed E-state index contributed by atoms with van der Waals surface area (Å²) in [5.41, 5.74) is 1.52. The largest absolute Gasteiger partial charge is 0.492 e. The highest BCUT2D eigenvalue weighted by Crippen LogP contribution is 2.20. The van der Waals surface area contributed by atoms with Crippen LogP contribution in [0.4, 0.5) is 0 Å². The molecule has 0 unspecified atom stereocenters. The Labute approximate surface area is 256 Å². The van der Waals surface area contributed by atoms with Crippen LogP contribution in [0.5, 0.6) is 5.75 Å². The highest BCUT2D eigenvalue weighted by molar-refractivity contribution is 5.92. The number of hydrogen-bond donors (Lipinski definition) is 4. The van der Waals surface area contributed by atoms with Gasteiger partial charge in [-0.1, -0.05) is 56.3 Å². The molecule has 0 radical (unpaired) electrons. The first kappa shape index (κ1) is 32.1. The molecule has 0 saturated heterocycles. The van der Waals surface area contributed by atoms with Crippen LogP contribution >= 0.6 is 0 Å². The number of carbonyl (C=O) groups is 4. The van der Waals surface area contributed by atoms with E-state index in [9.17, 15) is 19.2 Å². The lowest BCUT2D eigenvalue weighted by Gasteiger charge is -2.26. The van der Waals surface area contributed by atoms with Crippen molar-refractivity contribution in [2.45, 2.75) is 51.9 Å². The minimum Gasteiger partial charge on any atom is -0.492 e. The summed E-state index contributed by atoms with van der Waals surface area (Å²) in [5, 5.41) is 15.9. The third kappa shape index (κ3) is 8.63. The quantitative estimate of drug-likeness (QED) is 0.336. The fraction of sp³-hybridized carbons (Fsp3) is 0.419. The van der Waals surface area contributed by atoms with Crippen molar-refractivity contribution in [1.82, 2.24) is 36.0 Å². The molecule has 44 heavy (non-hydrogen) atoms. The molecule has 0 spiro atoms. The number of rotatable bonds is 5. The van der Waals surface area contributed by atoms with Crippen LogP contribution in [-0.4, -0.2) is 77.3 Å². The van der Waals surface area contributed by atoms with Gasteiger partial charge in [0, 0.05) is 19.1 Å². The topological polar surface area (TPSA) is 166 Å². The Balaban J connectivity index is 1.65. The van der Waals surface area contributed by atoms with E-state index in [2.05, 4.69) is 31.3 Å². The third-order valence-corrected chi connectivity index (χ3v) is 7.00. The summed E-state index contributed by atoms with van der Waals surface area (Å²) in [4.78, 5) is 57.0. The maximum absolute atomic E-state index is 13.6. The molecule has 4 N–H and O–H groups in total. The molecule has 3 heterocycles. The highest BCUT2D eigenvalue weighted by atomic mass is 16.5. The number of nitrogens with zero attached hydrogens (tertiary/aromatic N) is 3. The summed E-state index contributed by atoms with van der Waals surface area (Å²) in [5.74, 6) is -0.652. The fourth-order valence-corrected chi connectivity index (χ4v) is 4.74. The molecule has 3 atom stereocenters. The molecular weight excluding hydrogens is 566 g/mol. The van der Waals surface area contributed by atoms with Crippen molar-refractivity contribution in [1.29, 1.82) is 0 Å². The smallest absolute Gasteiger partial charge is 0.246 e. The number of carbonyl (C=O) groups excluding carboxylic acids is 4. The Morgan fingerprint density at radius 1 is 1.07 bits per heavy atom. The van der Waals surface area contributed by atoms with Crippen LogP contribution in [0.25, 0.3) is 11.4 Å². The van der Waals surface area contributed by atoms with E-state index in [-0.39, 0.29) is 44.5 Å². The van der Waals surface area contributed by atoms with Gasteiger partial charge in [-0.3, -0.25) is 19.2 Å². The number of amides is 4. The average molecular weight is 606 g/mol. The predicted molar refractivity (Wildman–Crippen MR) is 161 cm³/mol. The van der Waals surface area contributed by atoms with Crippen LogP contribution < -0.4 is 26.0 Å². The van der Waals surface area contributed by atoms with Gasteiger partial charge < -0.3 is 30.7 Å². The van der Waals surface area contributed by atoms with Crippen molar-refractivity contribution in [2.75, 3.05) is 26.9 Å². The molecule has 2 aliphatic rings. The van der Waals surface area contributed by atoms with E-state index in [1.165, 1.54) is 11.8 Å². The minimum atomic E-state index is -0.965. The van der Waals surface area contributed by atoms with Gasteiger partial charge in [0.25, 0.3) is 0 Å². The van der Waals surface area contributed by atoms with Crippen LogP contribution in [0.3, 0.4) is 0 Å². The second-order valence-electron chi connectivity index (χ2n) is 10.9. The Morgan fingerprint density at radius 3 is 2.48 bits per heavy atom. The zero-order valence-corrected chi connectivity index (χ0v) is 25.3. The Morgan fingerprint density at radius 2 is 1.80 bits per heavy atom. The first-order valence-electron chi connectivity index (χ1n) is 14.5. The summed E-state index contributed by atoms with van der Waals surface area (Å²) >= 11 is 0. The molecular formula is C31H39N7O6. The summed E-state index contributed by atoms with van der Waals surface area (Å²) in [6, 6.07) is 13.8. The predicted octanol–water partition coefficient (Wildman–Crippen LogP) is 1.15. The number of benzene rings is 2. The molecule has 0 saturated carbocycles. The lowest BCUT2D eigenvalue weighted by Crippen LogP contribution is -2.56. The molecule has 0 aliphatic carbocycles.